The number of amides is 1. The molecule has 1 aromatic heterocycles. The van der Waals surface area contributed by atoms with E-state index in [1.807, 2.05) is 30.5 Å². The number of carbonyl (C=O) groups excluding carboxylic acids is 1. The van der Waals surface area contributed by atoms with Crippen LogP contribution in [-0.2, 0) is 17.6 Å². The molecule has 0 radical (unpaired) electrons. The zero-order chi connectivity index (χ0) is 26.1. The molecule has 1 aliphatic heterocycles. The van der Waals surface area contributed by atoms with Crippen molar-refractivity contribution in [3.63, 3.8) is 0 Å². The van der Waals surface area contributed by atoms with Crippen LogP contribution in [-0.4, -0.2) is 40.3 Å². The van der Waals surface area contributed by atoms with Crippen molar-refractivity contribution in [2.45, 2.75) is 90.5 Å². The quantitative estimate of drug-likeness (QED) is 0.462. The minimum atomic E-state index is -0.766. The van der Waals surface area contributed by atoms with Gasteiger partial charge in [0.15, 0.2) is 0 Å². The first-order valence-electron chi connectivity index (χ1n) is 13.0. The largest absolute Gasteiger partial charge is 0.471 e. The van der Waals surface area contributed by atoms with Crippen molar-refractivity contribution in [2.75, 3.05) is 6.54 Å². The third-order valence-corrected chi connectivity index (χ3v) is 7.42. The maximum Gasteiger partial charge on any atom is 0.218 e. The maximum absolute atomic E-state index is 11.9. The lowest BCUT2D eigenvalue weighted by molar-refractivity contribution is -0.120. The molecule has 2 aromatic rings. The Morgan fingerprint density at radius 2 is 1.92 bits per heavy atom. The molecule has 0 saturated heterocycles. The Labute approximate surface area is 220 Å². The Kier molecular flexibility index (Phi) is 7.98. The summed E-state index contributed by atoms with van der Waals surface area (Å²) < 4.78 is 6.46. The first-order valence-corrected chi connectivity index (χ1v) is 13.4. The third-order valence-electron chi connectivity index (χ3n) is 7.17. The highest BCUT2D eigenvalue weighted by molar-refractivity contribution is 6.30. The van der Waals surface area contributed by atoms with Gasteiger partial charge in [0.2, 0.25) is 11.8 Å². The van der Waals surface area contributed by atoms with E-state index in [4.69, 9.17) is 21.3 Å². The average molecular weight is 514 g/mol. The molecule has 7 heteroatoms. The van der Waals surface area contributed by atoms with E-state index in [2.05, 4.69) is 44.4 Å². The lowest BCUT2D eigenvalue weighted by Crippen LogP contribution is -2.54. The van der Waals surface area contributed by atoms with Crippen LogP contribution in [0.15, 0.2) is 36.5 Å². The fourth-order valence-corrected chi connectivity index (χ4v) is 5.88. The van der Waals surface area contributed by atoms with Gasteiger partial charge in [0.25, 0.3) is 0 Å². The number of benzene rings is 1. The second-order valence-corrected chi connectivity index (χ2v) is 12.6. The van der Waals surface area contributed by atoms with Crippen LogP contribution in [0.25, 0.3) is 0 Å². The van der Waals surface area contributed by atoms with Crippen molar-refractivity contribution < 1.29 is 14.6 Å². The minimum Gasteiger partial charge on any atom is -0.471 e. The molecule has 0 bridgehead atoms. The SMILES string of the molecule is CC(=O)N[C@@H](Cc1ccc(Cl)cc1)[C@H](O)CN[C@H]1C[C@]2(C[C@H](C)C2)Oc2ncc(CC(C)(C)C)cc21. The molecule has 3 atom stereocenters. The van der Waals surface area contributed by atoms with Gasteiger partial charge < -0.3 is 20.5 Å². The highest BCUT2D eigenvalue weighted by Gasteiger charge is 2.49. The second-order valence-electron chi connectivity index (χ2n) is 12.1. The van der Waals surface area contributed by atoms with Gasteiger partial charge in [-0.2, -0.15) is 0 Å². The Bertz CT molecular complexity index is 1060. The van der Waals surface area contributed by atoms with Crippen LogP contribution >= 0.6 is 11.6 Å². The van der Waals surface area contributed by atoms with Crippen LogP contribution in [0.3, 0.4) is 0 Å². The smallest absolute Gasteiger partial charge is 0.218 e. The fraction of sp³-hybridized carbons (Fsp3) is 0.586. The van der Waals surface area contributed by atoms with Gasteiger partial charge in [0.1, 0.15) is 5.60 Å². The number of aliphatic hydroxyl groups excluding tert-OH is 1. The van der Waals surface area contributed by atoms with Crippen LogP contribution in [0.2, 0.25) is 5.02 Å². The average Bonchev–Trinajstić information content (AvgIpc) is 2.76. The summed E-state index contributed by atoms with van der Waals surface area (Å²) >= 11 is 6.02. The first kappa shape index (κ1) is 26.9. The lowest BCUT2D eigenvalue weighted by atomic mass is 9.67. The summed E-state index contributed by atoms with van der Waals surface area (Å²) in [5.74, 6) is 1.18. The van der Waals surface area contributed by atoms with Gasteiger partial charge in [0, 0.05) is 42.7 Å². The number of aromatic nitrogens is 1. The molecule has 2 heterocycles. The molecule has 3 N–H and O–H groups in total. The van der Waals surface area contributed by atoms with Gasteiger partial charge >= 0.3 is 0 Å². The Hall–Kier alpha value is -2.15. The standard InChI is InChI=1S/C29H40ClN3O3/c1-18-12-29(13-18)15-25(23-10-21(14-28(3,4)5)16-32-27(23)36-29)31-17-26(35)24(33-19(2)34)11-20-6-8-22(30)9-7-20/h6-10,16,18,24-26,31,35H,11-15,17H2,1-5H3,(H,33,34)/t18-,24-,25-,26+,29+/m0/s1. The predicted octanol–water partition coefficient (Wildman–Crippen LogP) is 5.01. The van der Waals surface area contributed by atoms with Crippen LogP contribution in [0.5, 0.6) is 5.88 Å². The molecule has 196 valence electrons. The summed E-state index contributed by atoms with van der Waals surface area (Å²) in [6, 6.07) is 9.33. The lowest BCUT2D eigenvalue weighted by Gasteiger charge is -2.50. The van der Waals surface area contributed by atoms with E-state index in [0.717, 1.165) is 36.8 Å². The summed E-state index contributed by atoms with van der Waals surface area (Å²) in [6.07, 6.45) is 5.50. The number of ether oxygens (including phenoxy) is 1. The molecule has 1 fully saturated rings. The summed E-state index contributed by atoms with van der Waals surface area (Å²) in [5.41, 5.74) is 3.22. The van der Waals surface area contributed by atoms with Crippen molar-refractivity contribution >= 4 is 17.5 Å². The molecule has 1 spiro atoms. The van der Waals surface area contributed by atoms with Crippen molar-refractivity contribution in [1.82, 2.24) is 15.6 Å². The minimum absolute atomic E-state index is 0.0248. The fourth-order valence-electron chi connectivity index (χ4n) is 5.75. The number of nitrogens with zero attached hydrogens (tertiary/aromatic N) is 1. The number of hydrogen-bond donors (Lipinski definition) is 3. The van der Waals surface area contributed by atoms with Crippen LogP contribution in [0.1, 0.15) is 76.6 Å². The molecule has 1 amide bonds. The number of pyridine rings is 1. The van der Waals surface area contributed by atoms with Gasteiger partial charge in [0.05, 0.1) is 12.1 Å². The van der Waals surface area contributed by atoms with Crippen LogP contribution in [0.4, 0.5) is 0 Å². The van der Waals surface area contributed by atoms with E-state index >= 15 is 0 Å². The summed E-state index contributed by atoms with van der Waals surface area (Å²) in [6.45, 7) is 10.8. The number of fused-ring (bicyclic) bond motifs is 1. The van der Waals surface area contributed by atoms with E-state index in [0.29, 0.717) is 29.8 Å². The normalized spacial score (nSPS) is 24.9. The summed E-state index contributed by atoms with van der Waals surface area (Å²) in [7, 11) is 0. The number of halogens is 1. The van der Waals surface area contributed by atoms with Crippen molar-refractivity contribution in [2.24, 2.45) is 11.3 Å². The number of carbonyl (C=O) groups is 1. The Morgan fingerprint density at radius 1 is 1.22 bits per heavy atom. The molecular weight excluding hydrogens is 474 g/mol. The molecule has 1 saturated carbocycles. The molecule has 36 heavy (non-hydrogen) atoms. The van der Waals surface area contributed by atoms with E-state index in [9.17, 15) is 9.90 Å². The first-order chi connectivity index (χ1) is 16.9. The number of rotatable bonds is 8. The van der Waals surface area contributed by atoms with Gasteiger partial charge in [-0.25, -0.2) is 4.98 Å². The predicted molar refractivity (Wildman–Crippen MR) is 143 cm³/mol. The molecular formula is C29H40ClN3O3. The zero-order valence-corrected chi connectivity index (χ0v) is 22.9. The van der Waals surface area contributed by atoms with Crippen molar-refractivity contribution in [3.05, 3.63) is 58.2 Å². The Balaban J connectivity index is 1.51. The molecule has 6 nitrogen and oxygen atoms in total. The monoisotopic (exact) mass is 513 g/mol. The van der Waals surface area contributed by atoms with E-state index in [1.165, 1.54) is 12.5 Å². The third kappa shape index (κ3) is 6.78. The number of nitrogens with one attached hydrogen (secondary N) is 2. The van der Waals surface area contributed by atoms with Gasteiger partial charge in [-0.1, -0.05) is 51.4 Å². The molecule has 1 aliphatic carbocycles. The van der Waals surface area contributed by atoms with Gasteiger partial charge in [-0.15, -0.1) is 0 Å². The molecule has 1 aromatic carbocycles. The highest BCUT2D eigenvalue weighted by atomic mass is 35.5. The summed E-state index contributed by atoms with van der Waals surface area (Å²) in [4.78, 5) is 16.6. The molecule has 4 rings (SSSR count). The highest BCUT2D eigenvalue weighted by Crippen LogP contribution is 2.50. The maximum atomic E-state index is 11.9. The zero-order valence-electron chi connectivity index (χ0n) is 22.1. The molecule has 2 aliphatic rings. The van der Waals surface area contributed by atoms with Crippen molar-refractivity contribution in [3.8, 4) is 5.88 Å². The van der Waals surface area contributed by atoms with Crippen LogP contribution < -0.4 is 15.4 Å². The Morgan fingerprint density at radius 3 is 2.53 bits per heavy atom. The second kappa shape index (κ2) is 10.7. The molecule has 0 unspecified atom stereocenters. The van der Waals surface area contributed by atoms with E-state index in [-0.39, 0.29) is 23.0 Å². The number of aliphatic hydroxyl groups is 1. The topological polar surface area (TPSA) is 83.5 Å². The number of hydrogen-bond acceptors (Lipinski definition) is 5. The summed E-state index contributed by atoms with van der Waals surface area (Å²) in [5, 5.41) is 18.4. The van der Waals surface area contributed by atoms with E-state index < -0.39 is 12.1 Å². The van der Waals surface area contributed by atoms with Gasteiger partial charge in [-0.3, -0.25) is 4.79 Å². The van der Waals surface area contributed by atoms with Gasteiger partial charge in [-0.05, 0) is 66.3 Å². The van der Waals surface area contributed by atoms with Crippen molar-refractivity contribution in [1.29, 1.82) is 0 Å². The van der Waals surface area contributed by atoms with E-state index in [1.54, 1.807) is 0 Å². The van der Waals surface area contributed by atoms with Crippen LogP contribution in [0, 0.1) is 11.3 Å².